The lowest BCUT2D eigenvalue weighted by Crippen LogP contribution is -2.39. The van der Waals surface area contributed by atoms with E-state index in [-0.39, 0.29) is 18.2 Å². The summed E-state index contributed by atoms with van der Waals surface area (Å²) >= 11 is 0. The summed E-state index contributed by atoms with van der Waals surface area (Å²) in [5.41, 5.74) is 5.45. The molecule has 0 bridgehead atoms. The molecule has 0 radical (unpaired) electrons. The van der Waals surface area contributed by atoms with Crippen LogP contribution in [0.3, 0.4) is 0 Å². The zero-order chi connectivity index (χ0) is 23.8. The molecule has 2 atom stereocenters. The second-order valence-electron chi connectivity index (χ2n) is 8.90. The van der Waals surface area contributed by atoms with Crippen LogP contribution in [0.5, 0.6) is 0 Å². The Morgan fingerprint density at radius 2 is 1.80 bits per heavy atom. The fourth-order valence-electron chi connectivity index (χ4n) is 4.89. The molecule has 4 heterocycles. The predicted octanol–water partition coefficient (Wildman–Crippen LogP) is 3.92. The number of rotatable bonds is 4. The third kappa shape index (κ3) is 3.99. The van der Waals surface area contributed by atoms with Crippen LogP contribution in [0.1, 0.15) is 23.6 Å². The van der Waals surface area contributed by atoms with Gasteiger partial charge in [-0.05, 0) is 53.3 Å². The van der Waals surface area contributed by atoms with Gasteiger partial charge in [0.05, 0.1) is 36.0 Å². The number of hydrogen-bond acceptors (Lipinski definition) is 6. The minimum absolute atomic E-state index is 0.165. The molecule has 1 aliphatic heterocycles. The zero-order valence-electron chi connectivity index (χ0n) is 19.0. The van der Waals surface area contributed by atoms with Crippen molar-refractivity contribution in [2.45, 2.75) is 25.0 Å². The van der Waals surface area contributed by atoms with Gasteiger partial charge in [-0.15, -0.1) is 0 Å². The minimum Gasteiger partial charge on any atom is -0.389 e. The summed E-state index contributed by atoms with van der Waals surface area (Å²) in [6.45, 7) is 0.723. The molecule has 3 aromatic heterocycles. The molecule has 174 valence electrons. The van der Waals surface area contributed by atoms with Crippen LogP contribution >= 0.6 is 0 Å². The summed E-state index contributed by atoms with van der Waals surface area (Å²) in [5.74, 6) is 0. The van der Waals surface area contributed by atoms with Gasteiger partial charge in [0.1, 0.15) is 5.52 Å². The molecule has 0 unspecified atom stereocenters. The van der Waals surface area contributed by atoms with Gasteiger partial charge in [-0.3, -0.25) is 19.3 Å². The van der Waals surface area contributed by atoms with E-state index in [2.05, 4.69) is 39.2 Å². The van der Waals surface area contributed by atoms with Gasteiger partial charge < -0.3 is 9.84 Å². The largest absolute Gasteiger partial charge is 0.389 e. The fraction of sp³-hybridized carbons (Fsp3) is 0.214. The fourth-order valence-corrected chi connectivity index (χ4v) is 4.89. The maximum absolute atomic E-state index is 13.6. The third-order valence-electron chi connectivity index (χ3n) is 6.72. The molecule has 0 saturated carbocycles. The van der Waals surface area contributed by atoms with Crippen LogP contribution in [0, 0.1) is 0 Å². The van der Waals surface area contributed by atoms with Crippen LogP contribution in [0.25, 0.3) is 32.9 Å². The van der Waals surface area contributed by atoms with Crippen molar-refractivity contribution in [3.8, 4) is 11.1 Å². The predicted molar refractivity (Wildman–Crippen MR) is 134 cm³/mol. The van der Waals surface area contributed by atoms with Crippen molar-refractivity contribution >= 4 is 21.8 Å². The third-order valence-corrected chi connectivity index (χ3v) is 6.72. The van der Waals surface area contributed by atoms with Crippen molar-refractivity contribution in [2.75, 3.05) is 13.2 Å². The van der Waals surface area contributed by atoms with E-state index in [1.54, 1.807) is 17.0 Å². The highest BCUT2D eigenvalue weighted by Crippen LogP contribution is 2.28. The van der Waals surface area contributed by atoms with Crippen LogP contribution in [-0.4, -0.2) is 43.9 Å². The minimum atomic E-state index is -0.739. The smallest absolute Gasteiger partial charge is 0.261 e. The van der Waals surface area contributed by atoms with Gasteiger partial charge in [-0.25, -0.2) is 4.98 Å². The number of nitrogens with zero attached hydrogens (tertiary/aromatic N) is 4. The Morgan fingerprint density at radius 3 is 2.60 bits per heavy atom. The maximum Gasteiger partial charge on any atom is 0.261 e. The molecule has 1 fully saturated rings. The lowest BCUT2D eigenvalue weighted by atomic mass is 9.97. The van der Waals surface area contributed by atoms with Crippen molar-refractivity contribution in [3.63, 3.8) is 0 Å². The van der Waals surface area contributed by atoms with Gasteiger partial charge in [0.15, 0.2) is 0 Å². The molecule has 7 nitrogen and oxygen atoms in total. The number of aromatic nitrogens is 4. The average molecular weight is 465 g/mol. The van der Waals surface area contributed by atoms with E-state index in [0.717, 1.165) is 27.6 Å². The van der Waals surface area contributed by atoms with Crippen LogP contribution in [0.4, 0.5) is 0 Å². The lowest BCUT2D eigenvalue weighted by molar-refractivity contribution is -0.0395. The number of aliphatic hydroxyl groups excluding tert-OH is 1. The first kappa shape index (κ1) is 21.6. The van der Waals surface area contributed by atoms with Gasteiger partial charge in [0.25, 0.3) is 5.56 Å². The Labute approximate surface area is 201 Å². The lowest BCUT2D eigenvalue weighted by Gasteiger charge is -2.29. The summed E-state index contributed by atoms with van der Waals surface area (Å²) in [7, 11) is 0. The topological polar surface area (TPSA) is 90.1 Å². The van der Waals surface area contributed by atoms with Crippen molar-refractivity contribution in [1.82, 2.24) is 19.5 Å². The quantitative estimate of drug-likeness (QED) is 0.406. The normalized spacial score (nSPS) is 18.2. The molecule has 5 aromatic rings. The molecule has 1 aliphatic rings. The Hall–Kier alpha value is -3.94. The van der Waals surface area contributed by atoms with Crippen molar-refractivity contribution in [1.29, 1.82) is 0 Å². The molecule has 7 heteroatoms. The van der Waals surface area contributed by atoms with Crippen LogP contribution in [-0.2, 0) is 11.2 Å². The van der Waals surface area contributed by atoms with Gasteiger partial charge in [0, 0.05) is 30.6 Å². The SMILES string of the molecule is O=c1c2cc(Cc3ccc(-c4cccnc4)cc3)c3cccnc3c2ncn1[C@H]1CCOC[C@@H]1O. The van der Waals surface area contributed by atoms with E-state index in [1.807, 2.05) is 36.5 Å². The van der Waals surface area contributed by atoms with Gasteiger partial charge in [0.2, 0.25) is 0 Å². The standard InChI is InChI=1S/C28H24N4O3/c33-25-16-35-12-9-24(25)32-17-31-27-23(28(32)34)14-21(22-4-2-11-30-26(22)27)13-18-5-7-19(8-6-18)20-3-1-10-29-15-20/h1-8,10-11,14-15,17,24-25,33H,9,12-13,16H2/t24-,25-/m0/s1. The number of hydrogen-bond donors (Lipinski definition) is 1. The maximum atomic E-state index is 13.6. The Kier molecular flexibility index (Phi) is 5.56. The van der Waals surface area contributed by atoms with Gasteiger partial charge in [-0.1, -0.05) is 36.4 Å². The Morgan fingerprint density at radius 1 is 0.971 bits per heavy atom. The van der Waals surface area contributed by atoms with Crippen LogP contribution < -0.4 is 5.56 Å². The number of benzene rings is 2. The van der Waals surface area contributed by atoms with E-state index < -0.39 is 6.10 Å². The molecule has 1 saturated heterocycles. The summed E-state index contributed by atoms with van der Waals surface area (Å²) in [6.07, 6.45) is 7.36. The number of pyridine rings is 2. The van der Waals surface area contributed by atoms with Crippen LogP contribution in [0.15, 0.2) is 84.3 Å². The first-order valence-corrected chi connectivity index (χ1v) is 11.7. The summed E-state index contributed by atoms with van der Waals surface area (Å²) in [6, 6.07) is 17.9. The highest BCUT2D eigenvalue weighted by Gasteiger charge is 2.27. The Balaban J connectivity index is 1.44. The summed E-state index contributed by atoms with van der Waals surface area (Å²) in [4.78, 5) is 27.0. The molecule has 2 aromatic carbocycles. The highest BCUT2D eigenvalue weighted by molar-refractivity contribution is 6.04. The van der Waals surface area contributed by atoms with Crippen LogP contribution in [0.2, 0.25) is 0 Å². The monoisotopic (exact) mass is 464 g/mol. The number of ether oxygens (including phenoxy) is 1. The first-order chi connectivity index (χ1) is 17.2. The molecule has 6 rings (SSSR count). The number of fused-ring (bicyclic) bond motifs is 3. The molecule has 1 N–H and O–H groups in total. The summed E-state index contributed by atoms with van der Waals surface area (Å²) in [5, 5.41) is 11.9. The molecule has 0 aliphatic carbocycles. The van der Waals surface area contributed by atoms with Gasteiger partial charge in [-0.2, -0.15) is 0 Å². The molecule has 0 spiro atoms. The van der Waals surface area contributed by atoms with Crippen molar-refractivity contribution in [3.05, 3.63) is 101 Å². The van der Waals surface area contributed by atoms with Crippen molar-refractivity contribution < 1.29 is 9.84 Å². The zero-order valence-corrected chi connectivity index (χ0v) is 19.0. The van der Waals surface area contributed by atoms with E-state index in [1.165, 1.54) is 6.33 Å². The van der Waals surface area contributed by atoms with Gasteiger partial charge >= 0.3 is 0 Å². The summed E-state index contributed by atoms with van der Waals surface area (Å²) < 4.78 is 6.89. The first-order valence-electron chi connectivity index (χ1n) is 11.7. The van der Waals surface area contributed by atoms with E-state index in [9.17, 15) is 9.90 Å². The molecular formula is C28H24N4O3. The van der Waals surface area contributed by atoms with E-state index in [4.69, 9.17) is 4.74 Å². The van der Waals surface area contributed by atoms with Crippen molar-refractivity contribution in [2.24, 2.45) is 0 Å². The van der Waals surface area contributed by atoms with E-state index in [0.29, 0.717) is 35.9 Å². The Bertz CT molecular complexity index is 1570. The molecule has 0 amide bonds. The second-order valence-corrected chi connectivity index (χ2v) is 8.90. The highest BCUT2D eigenvalue weighted by atomic mass is 16.5. The average Bonchev–Trinajstić information content (AvgIpc) is 2.91. The van der Waals surface area contributed by atoms with E-state index >= 15 is 0 Å². The second kappa shape index (κ2) is 9.02. The number of aliphatic hydroxyl groups is 1. The molecule has 35 heavy (non-hydrogen) atoms. The molecular weight excluding hydrogens is 440 g/mol.